The molecule has 0 bridgehead atoms. The molecule has 2 heterocycles. The number of rotatable bonds is 3. The summed E-state index contributed by atoms with van der Waals surface area (Å²) in [5.74, 6) is 0. The molecule has 1 aromatic carbocycles. The number of H-pyrrole nitrogens is 1. The van der Waals surface area contributed by atoms with Gasteiger partial charge < -0.3 is 15.0 Å². The van der Waals surface area contributed by atoms with Crippen LogP contribution < -0.4 is 5.32 Å². The molecule has 0 unspecified atom stereocenters. The summed E-state index contributed by atoms with van der Waals surface area (Å²) in [6.45, 7) is 2.37. The lowest BCUT2D eigenvalue weighted by atomic mass is 10.2. The highest BCUT2D eigenvalue weighted by molar-refractivity contribution is 6.36. The Hall–Kier alpha value is -1.03. The van der Waals surface area contributed by atoms with Crippen molar-refractivity contribution in [1.82, 2.24) is 10.3 Å². The predicted molar refractivity (Wildman–Crippen MR) is 64.8 cm³/mol. The van der Waals surface area contributed by atoms with Gasteiger partial charge in [0, 0.05) is 23.1 Å². The Labute approximate surface area is 98.7 Å². The molecule has 1 saturated heterocycles. The number of hydrogen-bond donors (Lipinski definition) is 2. The highest BCUT2D eigenvalue weighted by Crippen LogP contribution is 2.27. The molecule has 2 aromatic rings. The summed E-state index contributed by atoms with van der Waals surface area (Å²) in [6.07, 6.45) is 0. The summed E-state index contributed by atoms with van der Waals surface area (Å²) in [7, 11) is 0. The van der Waals surface area contributed by atoms with Crippen molar-refractivity contribution >= 4 is 22.5 Å². The number of aromatic nitrogens is 1. The van der Waals surface area contributed by atoms with Crippen molar-refractivity contribution in [3.8, 4) is 0 Å². The van der Waals surface area contributed by atoms with Crippen LogP contribution in [0.3, 0.4) is 0 Å². The molecule has 84 valence electrons. The number of aromatic amines is 1. The van der Waals surface area contributed by atoms with Crippen molar-refractivity contribution < 1.29 is 4.74 Å². The average Bonchev–Trinajstić information content (AvgIpc) is 2.55. The van der Waals surface area contributed by atoms with E-state index >= 15 is 0 Å². The lowest BCUT2D eigenvalue weighted by molar-refractivity contribution is -0.00588. The van der Waals surface area contributed by atoms with E-state index in [9.17, 15) is 0 Å². The molecule has 2 N–H and O–H groups in total. The maximum Gasteiger partial charge on any atom is 0.0705 e. The third kappa shape index (κ3) is 1.71. The van der Waals surface area contributed by atoms with E-state index in [4.69, 9.17) is 16.3 Å². The van der Waals surface area contributed by atoms with Gasteiger partial charge in [-0.05, 0) is 6.07 Å². The van der Waals surface area contributed by atoms with Crippen LogP contribution >= 0.6 is 11.6 Å². The minimum absolute atomic E-state index is 0.475. The van der Waals surface area contributed by atoms with Gasteiger partial charge in [-0.2, -0.15) is 0 Å². The van der Waals surface area contributed by atoms with Gasteiger partial charge in [-0.25, -0.2) is 0 Å². The molecule has 0 radical (unpaired) electrons. The van der Waals surface area contributed by atoms with Crippen LogP contribution in [-0.2, 0) is 11.3 Å². The molecule has 0 saturated carbocycles. The summed E-state index contributed by atoms with van der Waals surface area (Å²) in [4.78, 5) is 3.33. The van der Waals surface area contributed by atoms with E-state index in [2.05, 4.69) is 10.3 Å². The molecule has 16 heavy (non-hydrogen) atoms. The van der Waals surface area contributed by atoms with E-state index in [0.717, 1.165) is 41.4 Å². The zero-order valence-electron chi connectivity index (χ0n) is 8.79. The smallest absolute Gasteiger partial charge is 0.0705 e. The number of benzene rings is 1. The van der Waals surface area contributed by atoms with Gasteiger partial charge in [0.05, 0.1) is 24.3 Å². The summed E-state index contributed by atoms with van der Waals surface area (Å²) >= 11 is 6.30. The van der Waals surface area contributed by atoms with Crippen molar-refractivity contribution in [2.24, 2.45) is 0 Å². The molecule has 0 spiro atoms. The fourth-order valence-corrected chi connectivity index (χ4v) is 2.16. The lowest BCUT2D eigenvalue weighted by Crippen LogP contribution is -2.45. The van der Waals surface area contributed by atoms with Crippen LogP contribution in [0.5, 0.6) is 0 Å². The Morgan fingerprint density at radius 2 is 2.19 bits per heavy atom. The van der Waals surface area contributed by atoms with E-state index in [1.54, 1.807) is 0 Å². The van der Waals surface area contributed by atoms with E-state index in [-0.39, 0.29) is 0 Å². The fourth-order valence-electron chi connectivity index (χ4n) is 1.89. The standard InChI is InChI=1S/C12H13ClN2O/c13-12-9-3-1-2-4-10(9)15-11(12)5-14-8-6-16-7-8/h1-4,8,14-15H,5-7H2. The molecule has 0 aliphatic carbocycles. The summed E-state index contributed by atoms with van der Waals surface area (Å²) < 4.78 is 5.11. The van der Waals surface area contributed by atoms with Crippen molar-refractivity contribution in [2.75, 3.05) is 13.2 Å². The second-order valence-corrected chi connectivity index (χ2v) is 4.46. The zero-order chi connectivity index (χ0) is 11.0. The zero-order valence-corrected chi connectivity index (χ0v) is 9.55. The van der Waals surface area contributed by atoms with Crippen molar-refractivity contribution in [1.29, 1.82) is 0 Å². The van der Waals surface area contributed by atoms with Gasteiger partial charge in [0.25, 0.3) is 0 Å². The Kier molecular flexibility index (Phi) is 2.59. The summed E-state index contributed by atoms with van der Waals surface area (Å²) in [5, 5.41) is 5.31. The normalized spacial score (nSPS) is 16.6. The largest absolute Gasteiger partial charge is 0.378 e. The van der Waals surface area contributed by atoms with E-state index in [1.807, 2.05) is 24.3 Å². The van der Waals surface area contributed by atoms with Gasteiger partial charge in [0.15, 0.2) is 0 Å². The minimum atomic E-state index is 0.475. The van der Waals surface area contributed by atoms with Crippen molar-refractivity contribution in [2.45, 2.75) is 12.6 Å². The monoisotopic (exact) mass is 236 g/mol. The molecule has 3 nitrogen and oxygen atoms in total. The number of halogens is 1. The van der Waals surface area contributed by atoms with Gasteiger partial charge in [-0.3, -0.25) is 0 Å². The average molecular weight is 237 g/mol. The second-order valence-electron chi connectivity index (χ2n) is 4.08. The van der Waals surface area contributed by atoms with Gasteiger partial charge in [0.1, 0.15) is 0 Å². The third-order valence-corrected chi connectivity index (χ3v) is 3.35. The Bertz CT molecular complexity index is 505. The molecular formula is C12H13ClN2O. The predicted octanol–water partition coefficient (Wildman–Crippen LogP) is 2.31. The number of fused-ring (bicyclic) bond motifs is 1. The highest BCUT2D eigenvalue weighted by Gasteiger charge is 2.18. The lowest BCUT2D eigenvalue weighted by Gasteiger charge is -2.26. The minimum Gasteiger partial charge on any atom is -0.378 e. The van der Waals surface area contributed by atoms with Gasteiger partial charge in [-0.15, -0.1) is 0 Å². The molecule has 1 fully saturated rings. The van der Waals surface area contributed by atoms with Crippen LogP contribution in [-0.4, -0.2) is 24.2 Å². The number of ether oxygens (including phenoxy) is 1. The maximum atomic E-state index is 6.30. The first kappa shape index (κ1) is 10.1. The molecular weight excluding hydrogens is 224 g/mol. The van der Waals surface area contributed by atoms with E-state index in [1.165, 1.54) is 0 Å². The number of nitrogens with one attached hydrogen (secondary N) is 2. The molecule has 1 aliphatic heterocycles. The van der Waals surface area contributed by atoms with Crippen LogP contribution in [0.25, 0.3) is 10.9 Å². The highest BCUT2D eigenvalue weighted by atomic mass is 35.5. The van der Waals surface area contributed by atoms with Gasteiger partial charge in [-0.1, -0.05) is 29.8 Å². The van der Waals surface area contributed by atoms with E-state index in [0.29, 0.717) is 6.04 Å². The van der Waals surface area contributed by atoms with Gasteiger partial charge in [0.2, 0.25) is 0 Å². The molecule has 1 aliphatic rings. The van der Waals surface area contributed by atoms with E-state index < -0.39 is 0 Å². The first-order valence-corrected chi connectivity index (χ1v) is 5.78. The Morgan fingerprint density at radius 3 is 2.88 bits per heavy atom. The first-order chi connectivity index (χ1) is 7.84. The van der Waals surface area contributed by atoms with Crippen LogP contribution in [0.2, 0.25) is 5.02 Å². The molecule has 1 aromatic heterocycles. The first-order valence-electron chi connectivity index (χ1n) is 5.41. The Balaban J connectivity index is 1.82. The summed E-state index contributed by atoms with van der Waals surface area (Å²) in [5.41, 5.74) is 2.14. The van der Waals surface area contributed by atoms with Crippen molar-refractivity contribution in [3.63, 3.8) is 0 Å². The molecule has 3 rings (SSSR count). The summed E-state index contributed by atoms with van der Waals surface area (Å²) in [6, 6.07) is 8.55. The van der Waals surface area contributed by atoms with Gasteiger partial charge >= 0.3 is 0 Å². The third-order valence-electron chi connectivity index (χ3n) is 2.92. The number of hydrogen-bond acceptors (Lipinski definition) is 2. The topological polar surface area (TPSA) is 37.0 Å². The van der Waals surface area contributed by atoms with Crippen LogP contribution in [0, 0.1) is 0 Å². The van der Waals surface area contributed by atoms with Crippen LogP contribution in [0.1, 0.15) is 5.69 Å². The fraction of sp³-hybridized carbons (Fsp3) is 0.333. The second kappa shape index (κ2) is 4.09. The molecule has 0 atom stereocenters. The molecule has 4 heteroatoms. The quantitative estimate of drug-likeness (QED) is 0.858. The van der Waals surface area contributed by atoms with Crippen molar-refractivity contribution in [3.05, 3.63) is 35.0 Å². The maximum absolute atomic E-state index is 6.30. The number of para-hydroxylation sites is 1. The Morgan fingerprint density at radius 1 is 1.38 bits per heavy atom. The van der Waals surface area contributed by atoms with Crippen LogP contribution in [0.4, 0.5) is 0 Å². The SMILES string of the molecule is Clc1c(CNC2COC2)[nH]c2ccccc12. The van der Waals surface area contributed by atoms with Crippen LogP contribution in [0.15, 0.2) is 24.3 Å². The molecule has 0 amide bonds.